The first kappa shape index (κ1) is 16.1. The summed E-state index contributed by atoms with van der Waals surface area (Å²) >= 11 is 11.9. The average Bonchev–Trinajstić information content (AvgIpc) is 2.91. The predicted octanol–water partition coefficient (Wildman–Crippen LogP) is 4.12. The van der Waals surface area contributed by atoms with Gasteiger partial charge in [0.25, 0.3) is 0 Å². The van der Waals surface area contributed by atoms with Crippen LogP contribution in [0.1, 0.15) is 23.7 Å². The van der Waals surface area contributed by atoms with Gasteiger partial charge in [-0.3, -0.25) is 4.90 Å². The molecule has 0 bridgehead atoms. The maximum Gasteiger partial charge on any atom is 0.161 e. The molecule has 2 unspecified atom stereocenters. The van der Waals surface area contributed by atoms with E-state index in [0.717, 1.165) is 18.0 Å². The Labute approximate surface area is 145 Å². The van der Waals surface area contributed by atoms with E-state index < -0.39 is 0 Å². The molecule has 0 spiro atoms. The molecule has 4 nitrogen and oxygen atoms in total. The molecule has 2 heterocycles. The van der Waals surface area contributed by atoms with Crippen molar-refractivity contribution in [2.24, 2.45) is 0 Å². The molecule has 1 aromatic heterocycles. The predicted molar refractivity (Wildman–Crippen MR) is 92.8 cm³/mol. The standard InChI is InChI=1S/C17H16Cl2N4/c1-23-9-8-14(17(23)11-2-4-12(18)5-3-11)21-16-7-6-13(19)15(10-20)22-16/h2-7,14,17H,8-9H2,1H3,(H,21,22). The number of nitrogens with zero attached hydrogens (tertiary/aromatic N) is 3. The quantitative estimate of drug-likeness (QED) is 0.908. The number of likely N-dealkylation sites (N-methyl/N-ethyl adjacent to an activating group) is 1. The zero-order valence-corrected chi connectivity index (χ0v) is 14.1. The molecule has 6 heteroatoms. The minimum atomic E-state index is 0.210. The summed E-state index contributed by atoms with van der Waals surface area (Å²) in [5, 5.41) is 13.6. The van der Waals surface area contributed by atoms with Gasteiger partial charge in [-0.2, -0.15) is 5.26 Å². The fraction of sp³-hybridized carbons (Fsp3) is 0.294. The van der Waals surface area contributed by atoms with Gasteiger partial charge in [0.2, 0.25) is 0 Å². The summed E-state index contributed by atoms with van der Waals surface area (Å²) in [5.74, 6) is 0.671. The van der Waals surface area contributed by atoms with Crippen LogP contribution >= 0.6 is 23.2 Å². The molecule has 0 amide bonds. The molecule has 1 saturated heterocycles. The van der Waals surface area contributed by atoms with Crippen LogP contribution in [0.15, 0.2) is 36.4 Å². The first-order valence-electron chi connectivity index (χ1n) is 7.37. The third-order valence-corrected chi connectivity index (χ3v) is 4.70. The lowest BCUT2D eigenvalue weighted by Crippen LogP contribution is -2.29. The minimum absolute atomic E-state index is 0.210. The van der Waals surface area contributed by atoms with Crippen molar-refractivity contribution in [3.63, 3.8) is 0 Å². The van der Waals surface area contributed by atoms with E-state index in [0.29, 0.717) is 10.8 Å². The molecule has 1 aliphatic rings. The highest BCUT2D eigenvalue weighted by Crippen LogP contribution is 2.33. The van der Waals surface area contributed by atoms with E-state index in [4.69, 9.17) is 28.5 Å². The molecule has 118 valence electrons. The molecular weight excluding hydrogens is 331 g/mol. The van der Waals surface area contributed by atoms with Crippen molar-refractivity contribution in [3.05, 3.63) is 57.7 Å². The SMILES string of the molecule is CN1CCC(Nc2ccc(Cl)c(C#N)n2)C1c1ccc(Cl)cc1. The van der Waals surface area contributed by atoms with Crippen LogP contribution in [0, 0.1) is 11.3 Å². The minimum Gasteiger partial charge on any atom is -0.365 e. The van der Waals surface area contributed by atoms with Gasteiger partial charge in [-0.15, -0.1) is 0 Å². The Morgan fingerprint density at radius 2 is 1.96 bits per heavy atom. The number of pyridine rings is 1. The Hall–Kier alpha value is -1.80. The number of hydrogen-bond acceptors (Lipinski definition) is 4. The Kier molecular flexibility index (Phi) is 4.72. The molecule has 2 aromatic rings. The highest BCUT2D eigenvalue weighted by atomic mass is 35.5. The van der Waals surface area contributed by atoms with Gasteiger partial charge in [-0.25, -0.2) is 4.98 Å². The number of halogens is 2. The van der Waals surface area contributed by atoms with Crippen molar-refractivity contribution in [2.75, 3.05) is 18.9 Å². The van der Waals surface area contributed by atoms with Crippen LogP contribution in [-0.4, -0.2) is 29.5 Å². The van der Waals surface area contributed by atoms with E-state index in [1.54, 1.807) is 12.1 Å². The second-order valence-electron chi connectivity index (χ2n) is 5.66. The highest BCUT2D eigenvalue weighted by Gasteiger charge is 2.33. The molecule has 3 rings (SSSR count). The smallest absolute Gasteiger partial charge is 0.161 e. The second kappa shape index (κ2) is 6.76. The van der Waals surface area contributed by atoms with Gasteiger partial charge < -0.3 is 5.32 Å². The van der Waals surface area contributed by atoms with Crippen molar-refractivity contribution < 1.29 is 0 Å². The van der Waals surface area contributed by atoms with Crippen LogP contribution < -0.4 is 5.32 Å². The van der Waals surface area contributed by atoms with Crippen molar-refractivity contribution in [3.8, 4) is 6.07 Å². The summed E-state index contributed by atoms with van der Waals surface area (Å²) in [6.45, 7) is 0.990. The maximum atomic E-state index is 9.06. The van der Waals surface area contributed by atoms with Gasteiger partial charge in [0, 0.05) is 17.6 Å². The van der Waals surface area contributed by atoms with Crippen LogP contribution in [-0.2, 0) is 0 Å². The van der Waals surface area contributed by atoms with Gasteiger partial charge in [-0.1, -0.05) is 35.3 Å². The van der Waals surface area contributed by atoms with Crippen LogP contribution in [0.3, 0.4) is 0 Å². The number of anilines is 1. The van der Waals surface area contributed by atoms with Gasteiger partial charge in [0.1, 0.15) is 11.9 Å². The molecule has 1 aliphatic heterocycles. The molecule has 2 atom stereocenters. The fourth-order valence-corrected chi connectivity index (χ4v) is 3.31. The summed E-state index contributed by atoms with van der Waals surface area (Å²) in [4.78, 5) is 6.59. The third-order valence-electron chi connectivity index (χ3n) is 4.15. The number of rotatable bonds is 3. The van der Waals surface area contributed by atoms with Crippen molar-refractivity contribution in [1.82, 2.24) is 9.88 Å². The number of benzene rings is 1. The molecule has 23 heavy (non-hydrogen) atoms. The molecule has 1 aromatic carbocycles. The lowest BCUT2D eigenvalue weighted by Gasteiger charge is -2.26. The number of hydrogen-bond donors (Lipinski definition) is 1. The monoisotopic (exact) mass is 346 g/mol. The molecule has 0 radical (unpaired) electrons. The summed E-state index contributed by atoms with van der Waals surface area (Å²) in [5.41, 5.74) is 1.45. The highest BCUT2D eigenvalue weighted by molar-refractivity contribution is 6.31. The van der Waals surface area contributed by atoms with Crippen LogP contribution in [0.25, 0.3) is 0 Å². The lowest BCUT2D eigenvalue weighted by molar-refractivity contribution is 0.309. The number of nitrogens with one attached hydrogen (secondary N) is 1. The van der Waals surface area contributed by atoms with Crippen LogP contribution in [0.2, 0.25) is 10.0 Å². The van der Waals surface area contributed by atoms with Gasteiger partial charge in [0.05, 0.1) is 11.1 Å². The normalized spacial score (nSPS) is 21.1. The molecule has 1 N–H and O–H groups in total. The van der Waals surface area contributed by atoms with E-state index in [1.807, 2.05) is 18.2 Å². The number of likely N-dealkylation sites (tertiary alicyclic amines) is 1. The van der Waals surface area contributed by atoms with Crippen molar-refractivity contribution in [2.45, 2.75) is 18.5 Å². The maximum absolute atomic E-state index is 9.06. The third kappa shape index (κ3) is 3.42. The molecule has 0 saturated carbocycles. The fourth-order valence-electron chi connectivity index (χ4n) is 3.04. The average molecular weight is 347 g/mol. The second-order valence-corrected chi connectivity index (χ2v) is 6.50. The number of aromatic nitrogens is 1. The molecular formula is C17H16Cl2N4. The van der Waals surface area contributed by atoms with Crippen LogP contribution in [0.4, 0.5) is 5.82 Å². The Balaban J connectivity index is 1.84. The van der Waals surface area contributed by atoms with Gasteiger partial charge in [0.15, 0.2) is 5.69 Å². The Morgan fingerprint density at radius 1 is 1.22 bits per heavy atom. The van der Waals surface area contributed by atoms with Crippen molar-refractivity contribution >= 4 is 29.0 Å². The summed E-state index contributed by atoms with van der Waals surface area (Å²) in [6, 6.07) is 13.9. The van der Waals surface area contributed by atoms with Crippen molar-refractivity contribution in [1.29, 1.82) is 5.26 Å². The van der Waals surface area contributed by atoms with Gasteiger partial charge in [-0.05, 0) is 43.3 Å². The van der Waals surface area contributed by atoms with E-state index in [9.17, 15) is 0 Å². The van der Waals surface area contributed by atoms with E-state index >= 15 is 0 Å². The first-order chi connectivity index (χ1) is 11.1. The Morgan fingerprint density at radius 3 is 2.65 bits per heavy atom. The molecule has 1 fully saturated rings. The van der Waals surface area contributed by atoms with E-state index in [-0.39, 0.29) is 17.8 Å². The largest absolute Gasteiger partial charge is 0.365 e. The van der Waals surface area contributed by atoms with Crippen LogP contribution in [0.5, 0.6) is 0 Å². The van der Waals surface area contributed by atoms with E-state index in [1.165, 1.54) is 5.56 Å². The van der Waals surface area contributed by atoms with Gasteiger partial charge >= 0.3 is 0 Å². The Bertz CT molecular complexity index is 739. The topological polar surface area (TPSA) is 52.0 Å². The summed E-state index contributed by atoms with van der Waals surface area (Å²) < 4.78 is 0. The number of nitriles is 1. The first-order valence-corrected chi connectivity index (χ1v) is 8.13. The zero-order chi connectivity index (χ0) is 16.4. The molecule has 0 aliphatic carbocycles. The summed E-state index contributed by atoms with van der Waals surface area (Å²) in [7, 11) is 2.11. The summed E-state index contributed by atoms with van der Waals surface area (Å²) in [6.07, 6.45) is 0.996. The zero-order valence-electron chi connectivity index (χ0n) is 12.6. The lowest BCUT2D eigenvalue weighted by atomic mass is 10.0. The van der Waals surface area contributed by atoms with E-state index in [2.05, 4.69) is 34.4 Å².